The zero-order valence-electron chi connectivity index (χ0n) is 12.5. The van der Waals surface area contributed by atoms with E-state index in [9.17, 15) is 0 Å². The van der Waals surface area contributed by atoms with Gasteiger partial charge in [0.2, 0.25) is 0 Å². The molecule has 0 aliphatic rings. The maximum Gasteiger partial charge on any atom is 0.0924 e. The molecule has 1 heterocycles. The molecule has 20 heavy (non-hydrogen) atoms. The first-order valence-electron chi connectivity index (χ1n) is 7.65. The van der Waals surface area contributed by atoms with Crippen molar-refractivity contribution in [3.8, 4) is 11.3 Å². The molecule has 1 unspecified atom stereocenters. The van der Waals surface area contributed by atoms with Crippen LogP contribution in [0, 0.1) is 0 Å². The number of aromatic amines is 1. The molecule has 0 amide bonds. The summed E-state index contributed by atoms with van der Waals surface area (Å²) in [4.78, 5) is 7.17. The summed E-state index contributed by atoms with van der Waals surface area (Å²) < 4.78 is 0. The molecule has 3 heteroatoms. The minimum atomic E-state index is 0.532. The standard InChI is InChI=1S/C17H25N3/c1-3-4-5-6-7-14(2)20-16-10-8-15(9-11-16)17-12-18-13-19-17/h8-14,20H,3-7H2,1-2H3,(H,18,19). The van der Waals surface area contributed by atoms with Gasteiger partial charge >= 0.3 is 0 Å². The Hall–Kier alpha value is -1.77. The maximum atomic E-state index is 4.05. The topological polar surface area (TPSA) is 40.7 Å². The zero-order chi connectivity index (χ0) is 14.2. The number of nitrogens with zero attached hydrogens (tertiary/aromatic N) is 1. The van der Waals surface area contributed by atoms with Gasteiger partial charge in [-0.3, -0.25) is 0 Å². The first kappa shape index (κ1) is 14.6. The molecule has 0 aliphatic carbocycles. The number of rotatable bonds is 8. The van der Waals surface area contributed by atoms with Gasteiger partial charge in [-0.05, 0) is 31.0 Å². The first-order chi connectivity index (χ1) is 9.79. The second-order valence-electron chi connectivity index (χ2n) is 5.44. The van der Waals surface area contributed by atoms with Crippen LogP contribution in [-0.4, -0.2) is 16.0 Å². The van der Waals surface area contributed by atoms with E-state index in [0.717, 1.165) is 5.69 Å². The van der Waals surface area contributed by atoms with Gasteiger partial charge in [0, 0.05) is 11.7 Å². The maximum absolute atomic E-state index is 4.05. The molecule has 1 aromatic carbocycles. The van der Waals surface area contributed by atoms with Crippen LogP contribution in [0.5, 0.6) is 0 Å². The number of hydrogen-bond donors (Lipinski definition) is 2. The fourth-order valence-electron chi connectivity index (χ4n) is 2.39. The van der Waals surface area contributed by atoms with Crippen molar-refractivity contribution < 1.29 is 0 Å². The number of H-pyrrole nitrogens is 1. The van der Waals surface area contributed by atoms with E-state index >= 15 is 0 Å². The molecule has 3 nitrogen and oxygen atoms in total. The van der Waals surface area contributed by atoms with Crippen LogP contribution in [0.2, 0.25) is 0 Å². The smallest absolute Gasteiger partial charge is 0.0924 e. The number of aromatic nitrogens is 2. The van der Waals surface area contributed by atoms with Crippen LogP contribution in [-0.2, 0) is 0 Å². The van der Waals surface area contributed by atoms with Crippen molar-refractivity contribution in [1.82, 2.24) is 9.97 Å². The molecule has 2 N–H and O–H groups in total. The fraction of sp³-hybridized carbons (Fsp3) is 0.471. The molecule has 0 spiro atoms. The van der Waals surface area contributed by atoms with E-state index in [-0.39, 0.29) is 0 Å². The van der Waals surface area contributed by atoms with Gasteiger partial charge in [0.15, 0.2) is 0 Å². The predicted octanol–water partition coefficient (Wildman–Crippen LogP) is 4.85. The lowest BCUT2D eigenvalue weighted by molar-refractivity contribution is 0.594. The molecule has 0 bridgehead atoms. The van der Waals surface area contributed by atoms with Gasteiger partial charge in [-0.15, -0.1) is 0 Å². The molecule has 1 aromatic heterocycles. The Labute approximate surface area is 121 Å². The minimum Gasteiger partial charge on any atom is -0.383 e. The van der Waals surface area contributed by atoms with Gasteiger partial charge in [0.1, 0.15) is 0 Å². The van der Waals surface area contributed by atoms with E-state index in [0.29, 0.717) is 6.04 Å². The third kappa shape index (κ3) is 4.41. The van der Waals surface area contributed by atoms with Crippen LogP contribution < -0.4 is 5.32 Å². The number of benzene rings is 1. The quantitative estimate of drug-likeness (QED) is 0.674. The Bertz CT molecular complexity index is 473. The minimum absolute atomic E-state index is 0.532. The van der Waals surface area contributed by atoms with E-state index < -0.39 is 0 Å². The normalized spacial score (nSPS) is 12.3. The lowest BCUT2D eigenvalue weighted by Crippen LogP contribution is -2.14. The van der Waals surface area contributed by atoms with Crippen LogP contribution >= 0.6 is 0 Å². The lowest BCUT2D eigenvalue weighted by Gasteiger charge is -2.15. The highest BCUT2D eigenvalue weighted by Gasteiger charge is 2.03. The lowest BCUT2D eigenvalue weighted by atomic mass is 10.1. The molecule has 1 atom stereocenters. The van der Waals surface area contributed by atoms with E-state index in [1.165, 1.54) is 43.4 Å². The highest BCUT2D eigenvalue weighted by atomic mass is 14.9. The van der Waals surface area contributed by atoms with Gasteiger partial charge in [-0.1, -0.05) is 44.7 Å². The molecule has 0 saturated heterocycles. The molecule has 0 radical (unpaired) electrons. The van der Waals surface area contributed by atoms with Crippen LogP contribution in [0.4, 0.5) is 5.69 Å². The predicted molar refractivity (Wildman–Crippen MR) is 85.9 cm³/mol. The van der Waals surface area contributed by atoms with Crippen molar-refractivity contribution in [1.29, 1.82) is 0 Å². The number of anilines is 1. The van der Waals surface area contributed by atoms with Crippen molar-refractivity contribution in [3.05, 3.63) is 36.8 Å². The van der Waals surface area contributed by atoms with E-state index in [1.54, 1.807) is 6.33 Å². The third-order valence-corrected chi connectivity index (χ3v) is 3.60. The summed E-state index contributed by atoms with van der Waals surface area (Å²) in [5.41, 5.74) is 3.42. The summed E-state index contributed by atoms with van der Waals surface area (Å²) in [5.74, 6) is 0. The highest BCUT2D eigenvalue weighted by Crippen LogP contribution is 2.19. The summed E-state index contributed by atoms with van der Waals surface area (Å²) in [6.45, 7) is 4.51. The van der Waals surface area contributed by atoms with E-state index in [1.807, 2.05) is 6.20 Å². The molecule has 2 rings (SSSR count). The van der Waals surface area contributed by atoms with Crippen LogP contribution in [0.3, 0.4) is 0 Å². The van der Waals surface area contributed by atoms with Gasteiger partial charge in [0.05, 0.1) is 18.2 Å². The monoisotopic (exact) mass is 271 g/mol. The number of hydrogen-bond acceptors (Lipinski definition) is 2. The molecule has 108 valence electrons. The third-order valence-electron chi connectivity index (χ3n) is 3.60. The highest BCUT2D eigenvalue weighted by molar-refractivity contribution is 5.62. The Morgan fingerprint density at radius 1 is 1.15 bits per heavy atom. The van der Waals surface area contributed by atoms with Gasteiger partial charge in [-0.25, -0.2) is 4.98 Å². The SMILES string of the molecule is CCCCCCC(C)Nc1ccc(-c2cnc[nH]2)cc1. The van der Waals surface area contributed by atoms with Crippen molar-refractivity contribution in [2.45, 2.75) is 52.0 Å². The van der Waals surface area contributed by atoms with Crippen molar-refractivity contribution >= 4 is 5.69 Å². The first-order valence-corrected chi connectivity index (χ1v) is 7.65. The van der Waals surface area contributed by atoms with Crippen LogP contribution in [0.15, 0.2) is 36.8 Å². The van der Waals surface area contributed by atoms with Gasteiger partial charge < -0.3 is 10.3 Å². The zero-order valence-corrected chi connectivity index (χ0v) is 12.5. The molecular formula is C17H25N3. The Morgan fingerprint density at radius 2 is 1.95 bits per heavy atom. The summed E-state index contributed by atoms with van der Waals surface area (Å²) in [7, 11) is 0. The molecule has 0 aliphatic heterocycles. The van der Waals surface area contributed by atoms with Gasteiger partial charge in [-0.2, -0.15) is 0 Å². The second-order valence-corrected chi connectivity index (χ2v) is 5.44. The number of unbranched alkanes of at least 4 members (excludes halogenated alkanes) is 3. The fourth-order valence-corrected chi connectivity index (χ4v) is 2.39. The summed E-state index contributed by atoms with van der Waals surface area (Å²) >= 11 is 0. The molecule has 2 aromatic rings. The van der Waals surface area contributed by atoms with Crippen LogP contribution in [0.25, 0.3) is 11.3 Å². The van der Waals surface area contributed by atoms with E-state index in [2.05, 4.69) is 53.4 Å². The average molecular weight is 271 g/mol. The Balaban J connectivity index is 1.81. The van der Waals surface area contributed by atoms with Crippen LogP contribution in [0.1, 0.15) is 46.0 Å². The summed E-state index contributed by atoms with van der Waals surface area (Å²) in [5, 5.41) is 3.57. The second kappa shape index (κ2) is 7.73. The van der Waals surface area contributed by atoms with Crippen molar-refractivity contribution in [2.75, 3.05) is 5.32 Å². The van der Waals surface area contributed by atoms with Gasteiger partial charge in [0.25, 0.3) is 0 Å². The number of nitrogens with one attached hydrogen (secondary N) is 2. The Kier molecular flexibility index (Phi) is 5.66. The summed E-state index contributed by atoms with van der Waals surface area (Å²) in [6.07, 6.45) is 10.1. The largest absolute Gasteiger partial charge is 0.383 e. The Morgan fingerprint density at radius 3 is 2.60 bits per heavy atom. The molecular weight excluding hydrogens is 246 g/mol. The average Bonchev–Trinajstić information content (AvgIpc) is 2.99. The summed E-state index contributed by atoms with van der Waals surface area (Å²) in [6, 6.07) is 9.06. The van der Waals surface area contributed by atoms with E-state index in [4.69, 9.17) is 0 Å². The van der Waals surface area contributed by atoms with Crippen molar-refractivity contribution in [3.63, 3.8) is 0 Å². The molecule has 0 saturated carbocycles. The number of imidazole rings is 1. The molecule has 0 fully saturated rings. The van der Waals surface area contributed by atoms with Crippen molar-refractivity contribution in [2.24, 2.45) is 0 Å².